The summed E-state index contributed by atoms with van der Waals surface area (Å²) in [5, 5.41) is 23.5. The molecular formula is C24H17Cl2N3O4. The Kier molecular flexibility index (Phi) is 7.67. The fourth-order valence-electron chi connectivity index (χ4n) is 2.88. The third-order valence-electron chi connectivity index (χ3n) is 4.52. The number of amides is 1. The first-order valence-corrected chi connectivity index (χ1v) is 10.4. The number of nitrogens with one attached hydrogen (secondary N) is 1. The first kappa shape index (κ1) is 23.8. The maximum Gasteiger partial charge on any atom is 0.271 e. The van der Waals surface area contributed by atoms with Crippen LogP contribution in [0.15, 0.2) is 66.2 Å². The molecule has 1 N–H and O–H groups in total. The molecule has 0 heterocycles. The van der Waals surface area contributed by atoms with Gasteiger partial charge in [0, 0.05) is 28.4 Å². The van der Waals surface area contributed by atoms with Gasteiger partial charge in [0.1, 0.15) is 24.0 Å². The van der Waals surface area contributed by atoms with E-state index in [-0.39, 0.29) is 34.3 Å². The highest BCUT2D eigenvalue weighted by atomic mass is 35.5. The van der Waals surface area contributed by atoms with Crippen LogP contribution in [0, 0.1) is 28.4 Å². The van der Waals surface area contributed by atoms with Gasteiger partial charge in [0.15, 0.2) is 0 Å². The summed E-state index contributed by atoms with van der Waals surface area (Å²) in [5.41, 5.74) is 2.08. The van der Waals surface area contributed by atoms with Crippen LogP contribution in [-0.2, 0) is 11.4 Å². The van der Waals surface area contributed by atoms with Gasteiger partial charge in [-0.2, -0.15) is 5.26 Å². The molecule has 0 fully saturated rings. The number of nitro groups is 1. The van der Waals surface area contributed by atoms with Crippen molar-refractivity contribution in [3.8, 4) is 11.8 Å². The summed E-state index contributed by atoms with van der Waals surface area (Å²) >= 11 is 12.4. The molecule has 3 aromatic carbocycles. The van der Waals surface area contributed by atoms with Crippen LogP contribution in [0.4, 0.5) is 11.4 Å². The second-order valence-electron chi connectivity index (χ2n) is 7.01. The number of anilines is 1. The maximum atomic E-state index is 12.6. The third-order valence-corrected chi connectivity index (χ3v) is 5.02. The van der Waals surface area contributed by atoms with Crippen LogP contribution in [0.1, 0.15) is 16.7 Å². The summed E-state index contributed by atoms with van der Waals surface area (Å²) in [7, 11) is 0. The normalized spacial score (nSPS) is 10.9. The molecule has 0 aliphatic rings. The van der Waals surface area contributed by atoms with E-state index in [0.29, 0.717) is 10.6 Å². The molecule has 0 bridgehead atoms. The largest absolute Gasteiger partial charge is 0.487 e. The van der Waals surface area contributed by atoms with Crippen molar-refractivity contribution in [1.29, 1.82) is 5.26 Å². The summed E-state index contributed by atoms with van der Waals surface area (Å²) in [6.45, 7) is 2.19. The van der Waals surface area contributed by atoms with Gasteiger partial charge < -0.3 is 10.1 Å². The molecule has 0 radical (unpaired) electrons. The highest BCUT2D eigenvalue weighted by molar-refractivity contribution is 6.36. The van der Waals surface area contributed by atoms with Crippen molar-refractivity contribution in [1.82, 2.24) is 0 Å². The molecule has 9 heteroatoms. The molecule has 3 aromatic rings. The summed E-state index contributed by atoms with van der Waals surface area (Å²) < 4.78 is 5.88. The fourth-order valence-corrected chi connectivity index (χ4v) is 3.44. The van der Waals surface area contributed by atoms with E-state index >= 15 is 0 Å². The zero-order valence-electron chi connectivity index (χ0n) is 17.3. The highest BCUT2D eigenvalue weighted by Gasteiger charge is 2.16. The Morgan fingerprint density at radius 2 is 1.91 bits per heavy atom. The van der Waals surface area contributed by atoms with Crippen LogP contribution in [0.5, 0.6) is 5.75 Å². The highest BCUT2D eigenvalue weighted by Crippen LogP contribution is 2.34. The van der Waals surface area contributed by atoms with Gasteiger partial charge in [0.2, 0.25) is 0 Å². The molecule has 0 spiro atoms. The van der Waals surface area contributed by atoms with Gasteiger partial charge >= 0.3 is 0 Å². The molecule has 0 unspecified atom stereocenters. The van der Waals surface area contributed by atoms with Gasteiger partial charge in [-0.25, -0.2) is 0 Å². The predicted octanol–water partition coefficient (Wildman–Crippen LogP) is 6.33. The van der Waals surface area contributed by atoms with Crippen LogP contribution in [0.3, 0.4) is 0 Å². The Morgan fingerprint density at radius 1 is 1.18 bits per heavy atom. The number of carbonyl (C=O) groups excluding carboxylic acids is 1. The molecule has 0 aliphatic carbocycles. The number of hydrogen-bond acceptors (Lipinski definition) is 5. The lowest BCUT2D eigenvalue weighted by molar-refractivity contribution is -0.384. The smallest absolute Gasteiger partial charge is 0.271 e. The Bertz CT molecular complexity index is 1280. The average molecular weight is 482 g/mol. The number of benzene rings is 3. The average Bonchev–Trinajstić information content (AvgIpc) is 2.78. The lowest BCUT2D eigenvalue weighted by Crippen LogP contribution is -2.13. The number of halogens is 2. The van der Waals surface area contributed by atoms with Gasteiger partial charge in [-0.05, 0) is 36.8 Å². The molecule has 0 atom stereocenters. The van der Waals surface area contributed by atoms with Crippen molar-refractivity contribution in [3.05, 3.63) is 103 Å². The summed E-state index contributed by atoms with van der Waals surface area (Å²) in [6.07, 6.45) is 1.30. The van der Waals surface area contributed by atoms with Crippen LogP contribution in [-0.4, -0.2) is 10.8 Å². The van der Waals surface area contributed by atoms with Crippen molar-refractivity contribution in [2.45, 2.75) is 13.5 Å². The number of non-ortho nitro benzene ring substituents is 1. The fraction of sp³-hybridized carbons (Fsp3) is 0.0833. The van der Waals surface area contributed by atoms with Crippen molar-refractivity contribution in [2.75, 3.05) is 5.32 Å². The van der Waals surface area contributed by atoms with Gasteiger partial charge in [0.25, 0.3) is 11.6 Å². The van der Waals surface area contributed by atoms with E-state index < -0.39 is 10.8 Å². The van der Waals surface area contributed by atoms with Crippen LogP contribution in [0.25, 0.3) is 6.08 Å². The van der Waals surface area contributed by atoms with Gasteiger partial charge in [-0.3, -0.25) is 14.9 Å². The van der Waals surface area contributed by atoms with Gasteiger partial charge in [0.05, 0.1) is 9.95 Å². The zero-order valence-corrected chi connectivity index (χ0v) is 18.9. The summed E-state index contributed by atoms with van der Waals surface area (Å²) in [6, 6.07) is 18.0. The molecule has 0 saturated heterocycles. The second-order valence-corrected chi connectivity index (χ2v) is 7.86. The second kappa shape index (κ2) is 10.6. The Balaban J connectivity index is 1.88. The molecule has 1 amide bonds. The predicted molar refractivity (Wildman–Crippen MR) is 127 cm³/mol. The van der Waals surface area contributed by atoms with Crippen LogP contribution < -0.4 is 10.1 Å². The number of aryl methyl sites for hydroxylation is 1. The van der Waals surface area contributed by atoms with E-state index in [1.807, 2.05) is 37.3 Å². The van der Waals surface area contributed by atoms with E-state index in [1.165, 1.54) is 42.5 Å². The topological polar surface area (TPSA) is 105 Å². The first-order valence-electron chi connectivity index (χ1n) is 9.62. The Hall–Kier alpha value is -3.86. The van der Waals surface area contributed by atoms with Gasteiger partial charge in [-0.15, -0.1) is 0 Å². The number of carbonyl (C=O) groups is 1. The van der Waals surface area contributed by atoms with Crippen LogP contribution >= 0.6 is 23.2 Å². The molecular weight excluding hydrogens is 465 g/mol. The van der Waals surface area contributed by atoms with E-state index in [1.54, 1.807) is 0 Å². The summed E-state index contributed by atoms with van der Waals surface area (Å²) in [5.74, 6) is -0.490. The Morgan fingerprint density at radius 3 is 2.58 bits per heavy atom. The number of nitro benzene ring substituents is 1. The van der Waals surface area contributed by atoms with E-state index in [2.05, 4.69) is 5.32 Å². The van der Waals surface area contributed by atoms with Crippen molar-refractivity contribution in [3.63, 3.8) is 0 Å². The number of rotatable bonds is 7. The van der Waals surface area contributed by atoms with Crippen molar-refractivity contribution >= 4 is 46.6 Å². The molecule has 166 valence electrons. The monoisotopic (exact) mass is 481 g/mol. The SMILES string of the molecule is Cc1ccc(COc2c(Cl)cc(Cl)cc2/C=C(\C#N)C(=O)Nc2cccc([N+](=O)[O-])c2)cc1. The van der Waals surface area contributed by atoms with Crippen molar-refractivity contribution in [2.24, 2.45) is 0 Å². The molecule has 7 nitrogen and oxygen atoms in total. The molecule has 0 saturated carbocycles. The van der Waals surface area contributed by atoms with Crippen LogP contribution in [0.2, 0.25) is 10.0 Å². The van der Waals surface area contributed by atoms with E-state index in [9.17, 15) is 20.2 Å². The van der Waals surface area contributed by atoms with Crippen molar-refractivity contribution < 1.29 is 14.5 Å². The standard InChI is InChI=1S/C24H17Cl2N3O4/c1-15-5-7-16(8-6-15)14-33-23-17(10-19(25)11-22(23)26)9-18(13-27)24(30)28-20-3-2-4-21(12-20)29(31)32/h2-12H,14H2,1H3,(H,28,30)/b18-9+. The lowest BCUT2D eigenvalue weighted by Gasteiger charge is -2.13. The quantitative estimate of drug-likeness (QED) is 0.183. The minimum atomic E-state index is -0.751. The van der Waals surface area contributed by atoms with E-state index in [0.717, 1.165) is 11.1 Å². The number of ether oxygens (including phenoxy) is 1. The Labute approximate surface area is 200 Å². The number of hydrogen-bond donors (Lipinski definition) is 1. The molecule has 3 rings (SSSR count). The molecule has 0 aromatic heterocycles. The summed E-state index contributed by atoms with van der Waals surface area (Å²) in [4.78, 5) is 23.0. The van der Waals surface area contributed by atoms with Gasteiger partial charge in [-0.1, -0.05) is 59.1 Å². The minimum Gasteiger partial charge on any atom is -0.487 e. The number of nitriles is 1. The zero-order chi connectivity index (χ0) is 24.0. The first-order chi connectivity index (χ1) is 15.8. The maximum absolute atomic E-state index is 12.6. The third kappa shape index (κ3) is 6.32. The number of nitrogens with zero attached hydrogens (tertiary/aromatic N) is 2. The van der Waals surface area contributed by atoms with E-state index in [4.69, 9.17) is 27.9 Å². The molecule has 33 heavy (non-hydrogen) atoms. The minimum absolute atomic E-state index is 0.176. The lowest BCUT2D eigenvalue weighted by atomic mass is 10.1. The molecule has 0 aliphatic heterocycles.